The van der Waals surface area contributed by atoms with Gasteiger partial charge in [0.2, 0.25) is 5.91 Å². The van der Waals surface area contributed by atoms with Gasteiger partial charge in [-0.2, -0.15) is 0 Å². The molecule has 1 fully saturated rings. The fourth-order valence-electron chi connectivity index (χ4n) is 2.50. The van der Waals surface area contributed by atoms with Gasteiger partial charge >= 0.3 is 0 Å². The Kier molecular flexibility index (Phi) is 5.24. The molecule has 4 nitrogen and oxygen atoms in total. The summed E-state index contributed by atoms with van der Waals surface area (Å²) in [5, 5.41) is 6.50. The highest BCUT2D eigenvalue weighted by atomic mass is 16.1. The number of amides is 1. The minimum Gasteiger partial charge on any atom is -0.354 e. The van der Waals surface area contributed by atoms with E-state index in [1.165, 1.54) is 18.4 Å². The first-order chi connectivity index (χ1) is 9.60. The Bertz CT molecular complexity index is 435. The van der Waals surface area contributed by atoms with Gasteiger partial charge in [0.1, 0.15) is 6.54 Å². The van der Waals surface area contributed by atoms with Crippen LogP contribution in [-0.4, -0.2) is 23.6 Å². The van der Waals surface area contributed by atoms with Crippen molar-refractivity contribution in [1.82, 2.24) is 15.2 Å². The maximum atomic E-state index is 11.8. The average molecular weight is 277 g/mol. The van der Waals surface area contributed by atoms with Gasteiger partial charge < -0.3 is 15.2 Å². The van der Waals surface area contributed by atoms with Crippen molar-refractivity contribution in [1.29, 1.82) is 0 Å². The molecular weight excluding hydrogens is 250 g/mol. The molecule has 112 valence electrons. The molecule has 0 bridgehead atoms. The van der Waals surface area contributed by atoms with Gasteiger partial charge in [0.25, 0.3) is 0 Å². The van der Waals surface area contributed by atoms with Crippen LogP contribution in [0.5, 0.6) is 0 Å². The monoisotopic (exact) mass is 277 g/mol. The van der Waals surface area contributed by atoms with E-state index in [0.717, 1.165) is 19.0 Å². The summed E-state index contributed by atoms with van der Waals surface area (Å²) in [4.78, 5) is 11.8. The van der Waals surface area contributed by atoms with Crippen LogP contribution in [0.3, 0.4) is 0 Å². The minimum atomic E-state index is 0.114. The molecule has 1 aromatic heterocycles. The highest BCUT2D eigenvalue weighted by Crippen LogP contribution is 2.27. The molecule has 20 heavy (non-hydrogen) atoms. The molecule has 2 rings (SSSR count). The van der Waals surface area contributed by atoms with Crippen molar-refractivity contribution < 1.29 is 4.79 Å². The molecule has 2 N–H and O–H groups in total. The van der Waals surface area contributed by atoms with Gasteiger partial charge in [-0.05, 0) is 42.9 Å². The van der Waals surface area contributed by atoms with Crippen molar-refractivity contribution in [2.24, 2.45) is 11.8 Å². The zero-order valence-corrected chi connectivity index (χ0v) is 12.9. The standard InChI is InChI=1S/C16H27N3O/c1-4-17-16(12(2)3)14-7-8-19(10-14)11-15(20)18-9-13-5-6-13/h7-8,10,12-13,16-17H,4-6,9,11H2,1-3H3,(H,18,20). The number of hydrogen-bond acceptors (Lipinski definition) is 2. The van der Waals surface area contributed by atoms with E-state index in [2.05, 4.69) is 43.7 Å². The molecule has 0 radical (unpaired) electrons. The largest absolute Gasteiger partial charge is 0.354 e. The van der Waals surface area contributed by atoms with Crippen molar-refractivity contribution >= 4 is 5.91 Å². The summed E-state index contributed by atoms with van der Waals surface area (Å²) in [6, 6.07) is 2.47. The molecule has 1 saturated carbocycles. The molecule has 1 amide bonds. The van der Waals surface area contributed by atoms with Crippen molar-refractivity contribution in [3.63, 3.8) is 0 Å². The molecule has 1 unspecified atom stereocenters. The summed E-state index contributed by atoms with van der Waals surface area (Å²) < 4.78 is 1.98. The summed E-state index contributed by atoms with van der Waals surface area (Å²) in [5.41, 5.74) is 1.26. The van der Waals surface area contributed by atoms with Crippen LogP contribution < -0.4 is 10.6 Å². The Hall–Kier alpha value is -1.29. The van der Waals surface area contributed by atoms with Crippen molar-refractivity contribution in [2.45, 2.75) is 46.2 Å². The number of carbonyl (C=O) groups is 1. The first-order valence-corrected chi connectivity index (χ1v) is 7.76. The lowest BCUT2D eigenvalue weighted by Gasteiger charge is -2.20. The second kappa shape index (κ2) is 6.93. The van der Waals surface area contributed by atoms with Crippen molar-refractivity contribution in [3.8, 4) is 0 Å². The van der Waals surface area contributed by atoms with E-state index in [9.17, 15) is 4.79 Å². The van der Waals surface area contributed by atoms with Crippen molar-refractivity contribution in [3.05, 3.63) is 24.0 Å². The Labute approximate surface area is 121 Å². The van der Waals surface area contributed by atoms with E-state index >= 15 is 0 Å². The first-order valence-electron chi connectivity index (χ1n) is 7.76. The number of aromatic nitrogens is 1. The SMILES string of the molecule is CCNC(c1ccn(CC(=O)NCC2CC2)c1)C(C)C. The predicted octanol–water partition coefficient (Wildman–Crippen LogP) is 2.32. The number of carbonyl (C=O) groups excluding carboxylic acids is 1. The van der Waals surface area contributed by atoms with Crippen LogP contribution in [0.25, 0.3) is 0 Å². The maximum Gasteiger partial charge on any atom is 0.239 e. The smallest absolute Gasteiger partial charge is 0.239 e. The van der Waals surface area contributed by atoms with E-state index in [-0.39, 0.29) is 5.91 Å². The Morgan fingerprint density at radius 3 is 2.80 bits per heavy atom. The second-order valence-electron chi connectivity index (χ2n) is 6.14. The highest BCUT2D eigenvalue weighted by Gasteiger charge is 2.21. The zero-order chi connectivity index (χ0) is 14.5. The summed E-state index contributed by atoms with van der Waals surface area (Å²) in [7, 11) is 0. The molecule has 4 heteroatoms. The molecule has 0 aliphatic heterocycles. The minimum absolute atomic E-state index is 0.114. The van der Waals surface area contributed by atoms with Gasteiger partial charge in [-0.1, -0.05) is 20.8 Å². The Morgan fingerprint density at radius 1 is 1.45 bits per heavy atom. The average Bonchev–Trinajstić information content (AvgIpc) is 3.13. The third kappa shape index (κ3) is 4.37. The summed E-state index contributed by atoms with van der Waals surface area (Å²) >= 11 is 0. The first kappa shape index (κ1) is 15.1. The molecular formula is C16H27N3O. The number of nitrogens with zero attached hydrogens (tertiary/aromatic N) is 1. The lowest BCUT2D eigenvalue weighted by atomic mass is 9.98. The second-order valence-corrected chi connectivity index (χ2v) is 6.14. The van der Waals surface area contributed by atoms with Crippen LogP contribution in [0.2, 0.25) is 0 Å². The van der Waals surface area contributed by atoms with Gasteiger partial charge in [0, 0.05) is 25.0 Å². The summed E-state index contributed by atoms with van der Waals surface area (Å²) in [6.45, 7) is 8.77. The molecule has 0 aromatic carbocycles. The van der Waals surface area contributed by atoms with Crippen LogP contribution in [0.15, 0.2) is 18.5 Å². The quantitative estimate of drug-likeness (QED) is 0.766. The van der Waals surface area contributed by atoms with E-state index in [1.807, 2.05) is 10.8 Å². The van der Waals surface area contributed by atoms with Crippen molar-refractivity contribution in [2.75, 3.05) is 13.1 Å². The number of nitrogens with one attached hydrogen (secondary N) is 2. The molecule has 0 saturated heterocycles. The van der Waals surface area contributed by atoms with E-state index in [1.54, 1.807) is 0 Å². The highest BCUT2D eigenvalue weighted by molar-refractivity contribution is 5.75. The maximum absolute atomic E-state index is 11.8. The fraction of sp³-hybridized carbons (Fsp3) is 0.688. The topological polar surface area (TPSA) is 46.1 Å². The lowest BCUT2D eigenvalue weighted by molar-refractivity contribution is -0.121. The van der Waals surface area contributed by atoms with E-state index in [4.69, 9.17) is 0 Å². The predicted molar refractivity (Wildman–Crippen MR) is 81.4 cm³/mol. The van der Waals surface area contributed by atoms with Crippen LogP contribution in [0, 0.1) is 11.8 Å². The summed E-state index contributed by atoms with van der Waals surface area (Å²) in [5.74, 6) is 1.39. The van der Waals surface area contributed by atoms with E-state index < -0.39 is 0 Å². The number of rotatable bonds is 8. The van der Waals surface area contributed by atoms with Gasteiger partial charge in [0.05, 0.1) is 0 Å². The van der Waals surface area contributed by atoms with Crippen LogP contribution in [0.1, 0.15) is 45.2 Å². The zero-order valence-electron chi connectivity index (χ0n) is 12.9. The Balaban J connectivity index is 1.87. The summed E-state index contributed by atoms with van der Waals surface area (Å²) in [6.07, 6.45) is 6.63. The number of hydrogen-bond donors (Lipinski definition) is 2. The molecule has 1 heterocycles. The normalized spacial score (nSPS) is 16.4. The lowest BCUT2D eigenvalue weighted by Crippen LogP contribution is -2.29. The molecule has 1 aliphatic rings. The fourth-order valence-corrected chi connectivity index (χ4v) is 2.50. The molecule has 1 aromatic rings. The van der Waals surface area contributed by atoms with Gasteiger partial charge in [-0.15, -0.1) is 0 Å². The van der Waals surface area contributed by atoms with Crippen LogP contribution >= 0.6 is 0 Å². The Morgan fingerprint density at radius 2 is 2.20 bits per heavy atom. The van der Waals surface area contributed by atoms with Gasteiger partial charge in [0.15, 0.2) is 0 Å². The molecule has 1 atom stereocenters. The third-order valence-electron chi connectivity index (χ3n) is 3.83. The van der Waals surface area contributed by atoms with Crippen LogP contribution in [-0.2, 0) is 11.3 Å². The molecule has 0 spiro atoms. The van der Waals surface area contributed by atoms with Gasteiger partial charge in [-0.25, -0.2) is 0 Å². The molecule has 1 aliphatic carbocycles. The van der Waals surface area contributed by atoms with E-state index in [0.29, 0.717) is 18.5 Å². The van der Waals surface area contributed by atoms with Gasteiger partial charge in [-0.3, -0.25) is 4.79 Å². The van der Waals surface area contributed by atoms with Crippen LogP contribution in [0.4, 0.5) is 0 Å². The third-order valence-corrected chi connectivity index (χ3v) is 3.83.